The zero-order valence-corrected chi connectivity index (χ0v) is 26.3. The number of oxazole rings is 1. The SMILES string of the molecule is C[B]CC1CC1CN(C)c1cc(-c2nc(C(=O)Nc3cn(C4CCC(C(=O)OC(=O)OC(C)C)CC4)nc3C(F)F)co2)ccn1. The summed E-state index contributed by atoms with van der Waals surface area (Å²) in [6.45, 7) is 6.24. The number of carbonyl (C=O) groups excluding carboxylic acids is 3. The van der Waals surface area contributed by atoms with Gasteiger partial charge in [-0.15, -0.1) is 0 Å². The van der Waals surface area contributed by atoms with Crippen LogP contribution in [0.4, 0.5) is 25.1 Å². The molecule has 46 heavy (non-hydrogen) atoms. The van der Waals surface area contributed by atoms with Crippen LogP contribution in [0, 0.1) is 17.8 Å². The van der Waals surface area contributed by atoms with Gasteiger partial charge >= 0.3 is 12.1 Å². The van der Waals surface area contributed by atoms with Crippen molar-refractivity contribution in [2.45, 2.75) is 77.7 Å². The number of esters is 1. The van der Waals surface area contributed by atoms with Crippen molar-refractivity contribution in [2.24, 2.45) is 17.8 Å². The molecule has 2 atom stereocenters. The van der Waals surface area contributed by atoms with Crippen molar-refractivity contribution in [1.29, 1.82) is 0 Å². The third-order valence-corrected chi connectivity index (χ3v) is 8.37. The summed E-state index contributed by atoms with van der Waals surface area (Å²) >= 11 is 0. The lowest BCUT2D eigenvalue weighted by molar-refractivity contribution is -0.146. The van der Waals surface area contributed by atoms with Crippen LogP contribution in [0.2, 0.25) is 13.1 Å². The molecule has 12 nitrogen and oxygen atoms in total. The second-order valence-corrected chi connectivity index (χ2v) is 12.2. The number of nitrogens with zero attached hydrogens (tertiary/aromatic N) is 5. The first-order valence-electron chi connectivity index (χ1n) is 15.5. The number of aromatic nitrogens is 4. The van der Waals surface area contributed by atoms with E-state index in [1.54, 1.807) is 26.1 Å². The average molecular weight is 639 g/mol. The standard InChI is InChI=1S/C31H38BF2N6O6/c1-17(2)45-31(43)46-30(42)18-5-7-22(8-6-18)40-15-23(26(38-40)27(33)34)36-28(41)24-16-44-29(37-24)19-9-10-35-25(12-19)39(4)14-21-11-20(21)13-32-3/h9-10,12,15-18,20-22,27H,5-8,11,13-14H2,1-4H3,(H,36,41). The van der Waals surface area contributed by atoms with E-state index in [0.717, 1.165) is 24.6 Å². The Balaban J connectivity index is 1.20. The number of anilines is 2. The Kier molecular flexibility index (Phi) is 10.4. The van der Waals surface area contributed by atoms with Gasteiger partial charge in [0, 0.05) is 31.5 Å². The molecule has 3 heterocycles. The highest BCUT2D eigenvalue weighted by Crippen LogP contribution is 2.42. The summed E-state index contributed by atoms with van der Waals surface area (Å²) in [4.78, 5) is 47.9. The third-order valence-electron chi connectivity index (χ3n) is 8.37. The number of alkyl halides is 2. The Morgan fingerprint density at radius 2 is 1.96 bits per heavy atom. The summed E-state index contributed by atoms with van der Waals surface area (Å²) in [6.07, 6.45) is 3.71. The molecule has 3 aromatic heterocycles. The lowest BCUT2D eigenvalue weighted by Crippen LogP contribution is -2.28. The maximum atomic E-state index is 13.9. The molecule has 0 bridgehead atoms. The fourth-order valence-corrected chi connectivity index (χ4v) is 5.84. The number of hydrogen-bond donors (Lipinski definition) is 1. The van der Waals surface area contributed by atoms with Crippen LogP contribution in [0.15, 0.2) is 35.2 Å². The number of carbonyl (C=O) groups is 3. The van der Waals surface area contributed by atoms with Crippen molar-refractivity contribution in [3.63, 3.8) is 0 Å². The number of pyridine rings is 1. The van der Waals surface area contributed by atoms with Gasteiger partial charge in [-0.3, -0.25) is 14.3 Å². The van der Waals surface area contributed by atoms with E-state index in [1.165, 1.54) is 23.6 Å². The molecule has 2 aliphatic rings. The van der Waals surface area contributed by atoms with Crippen molar-refractivity contribution in [1.82, 2.24) is 19.7 Å². The minimum Gasteiger partial charge on any atom is -0.444 e. The summed E-state index contributed by atoms with van der Waals surface area (Å²) in [5.41, 5.74) is -0.176. The average Bonchev–Trinajstić information content (AvgIpc) is 3.38. The first-order chi connectivity index (χ1) is 22.0. The maximum Gasteiger partial charge on any atom is 0.516 e. The highest BCUT2D eigenvalue weighted by Gasteiger charge is 2.37. The van der Waals surface area contributed by atoms with Crippen molar-refractivity contribution in [2.75, 3.05) is 23.8 Å². The summed E-state index contributed by atoms with van der Waals surface area (Å²) < 4.78 is 44.4. The van der Waals surface area contributed by atoms with Crippen LogP contribution in [0.3, 0.4) is 0 Å². The number of amides is 1. The van der Waals surface area contributed by atoms with E-state index in [-0.39, 0.29) is 23.3 Å². The number of rotatable bonds is 12. The van der Waals surface area contributed by atoms with Gasteiger partial charge < -0.3 is 24.1 Å². The number of ether oxygens (including phenoxy) is 2. The highest BCUT2D eigenvalue weighted by molar-refractivity contribution is 6.33. The van der Waals surface area contributed by atoms with Gasteiger partial charge in [-0.2, -0.15) is 5.10 Å². The van der Waals surface area contributed by atoms with Gasteiger partial charge in [0.15, 0.2) is 11.4 Å². The molecule has 5 rings (SSSR count). The van der Waals surface area contributed by atoms with E-state index in [4.69, 9.17) is 13.9 Å². The van der Waals surface area contributed by atoms with Crippen LogP contribution in [-0.2, 0) is 14.3 Å². The molecular formula is C31H38BF2N6O6. The number of nitrogens with one attached hydrogen (secondary N) is 1. The van der Waals surface area contributed by atoms with Gasteiger partial charge in [-0.1, -0.05) is 13.1 Å². The lowest BCUT2D eigenvalue weighted by Gasteiger charge is -2.27. The molecular weight excluding hydrogens is 601 g/mol. The van der Waals surface area contributed by atoms with E-state index in [2.05, 4.69) is 39.4 Å². The summed E-state index contributed by atoms with van der Waals surface area (Å²) in [5, 5.41) is 6.55. The van der Waals surface area contributed by atoms with Crippen molar-refractivity contribution in [3.8, 4) is 11.5 Å². The van der Waals surface area contributed by atoms with Crippen molar-refractivity contribution in [3.05, 3.63) is 42.2 Å². The van der Waals surface area contributed by atoms with E-state index in [0.29, 0.717) is 37.2 Å². The third kappa shape index (κ3) is 8.10. The molecule has 3 aromatic rings. The largest absolute Gasteiger partial charge is 0.516 e. The molecule has 2 aliphatic carbocycles. The molecule has 245 valence electrons. The Morgan fingerprint density at radius 3 is 2.65 bits per heavy atom. The van der Waals surface area contributed by atoms with Crippen LogP contribution in [0.1, 0.15) is 74.6 Å². The number of hydrogen-bond acceptors (Lipinski definition) is 10. The Hall–Kier alpha value is -4.30. The Bertz CT molecular complexity index is 1540. The summed E-state index contributed by atoms with van der Waals surface area (Å²) in [5.74, 6) is 0.377. The predicted molar refractivity (Wildman–Crippen MR) is 165 cm³/mol. The van der Waals surface area contributed by atoms with Crippen molar-refractivity contribution < 1.29 is 37.1 Å². The number of halogens is 2. The monoisotopic (exact) mass is 639 g/mol. The van der Waals surface area contributed by atoms with E-state index < -0.39 is 42.2 Å². The summed E-state index contributed by atoms with van der Waals surface area (Å²) in [7, 11) is 4.18. The van der Waals surface area contributed by atoms with E-state index in [9.17, 15) is 23.2 Å². The van der Waals surface area contributed by atoms with Gasteiger partial charge in [0.1, 0.15) is 19.4 Å². The maximum absolute atomic E-state index is 13.9. The van der Waals surface area contributed by atoms with Crippen molar-refractivity contribution >= 4 is 36.8 Å². The van der Waals surface area contributed by atoms with Crippen LogP contribution in [0.25, 0.3) is 11.5 Å². The molecule has 0 aromatic carbocycles. The zero-order valence-electron chi connectivity index (χ0n) is 26.3. The quantitative estimate of drug-likeness (QED) is 0.139. The fraction of sp³-hybridized carbons (Fsp3) is 0.548. The zero-order chi connectivity index (χ0) is 33.0. The Morgan fingerprint density at radius 1 is 1.20 bits per heavy atom. The normalized spacial score (nSPS) is 20.8. The van der Waals surface area contributed by atoms with Gasteiger partial charge in [0.2, 0.25) is 5.89 Å². The van der Waals surface area contributed by atoms with E-state index in [1.807, 2.05) is 13.1 Å². The second-order valence-electron chi connectivity index (χ2n) is 12.2. The molecule has 0 spiro atoms. The first-order valence-corrected chi connectivity index (χ1v) is 15.5. The molecule has 2 fully saturated rings. The Labute approximate surface area is 266 Å². The smallest absolute Gasteiger partial charge is 0.444 e. The van der Waals surface area contributed by atoms with Gasteiger partial charge in [0.25, 0.3) is 12.3 Å². The molecule has 2 unspecified atom stereocenters. The van der Waals surface area contributed by atoms with Crippen LogP contribution < -0.4 is 10.2 Å². The molecule has 1 radical (unpaired) electrons. The molecule has 1 N–H and O–H groups in total. The second kappa shape index (κ2) is 14.4. The van der Waals surface area contributed by atoms with Gasteiger partial charge in [-0.25, -0.2) is 23.5 Å². The minimum absolute atomic E-state index is 0.0821. The summed E-state index contributed by atoms with van der Waals surface area (Å²) in [6, 6.07) is 3.27. The predicted octanol–water partition coefficient (Wildman–Crippen LogP) is 6.19. The molecule has 0 aliphatic heterocycles. The van der Waals surface area contributed by atoms with Gasteiger partial charge in [-0.05, 0) is 69.9 Å². The highest BCUT2D eigenvalue weighted by atomic mass is 19.3. The first kappa shape index (κ1) is 33.1. The minimum atomic E-state index is -2.94. The lowest BCUT2D eigenvalue weighted by atomic mass is 9.75. The molecule has 0 saturated heterocycles. The molecule has 2 saturated carbocycles. The van der Waals surface area contributed by atoms with Crippen LogP contribution >= 0.6 is 0 Å². The van der Waals surface area contributed by atoms with Crippen LogP contribution in [0.5, 0.6) is 0 Å². The topological polar surface area (TPSA) is 142 Å². The fourth-order valence-electron chi connectivity index (χ4n) is 5.84. The van der Waals surface area contributed by atoms with Gasteiger partial charge in [0.05, 0.1) is 23.8 Å². The van der Waals surface area contributed by atoms with Crippen LogP contribution in [-0.4, -0.2) is 64.8 Å². The molecule has 1 amide bonds. The molecule has 15 heteroatoms. The van der Waals surface area contributed by atoms with E-state index >= 15 is 0 Å².